The number of pyridine rings is 1. The van der Waals surface area contributed by atoms with Crippen LogP contribution in [0.15, 0.2) is 12.1 Å². The third-order valence-electron chi connectivity index (χ3n) is 3.21. The molecule has 7 heteroatoms. The summed E-state index contributed by atoms with van der Waals surface area (Å²) in [6.07, 6.45) is 0.511. The van der Waals surface area contributed by atoms with Crippen LogP contribution >= 0.6 is 11.6 Å². The van der Waals surface area contributed by atoms with E-state index < -0.39 is 17.9 Å². The molecule has 0 bridgehead atoms. The first-order valence-electron chi connectivity index (χ1n) is 6.69. The van der Waals surface area contributed by atoms with Gasteiger partial charge in [0, 0.05) is 17.7 Å². The van der Waals surface area contributed by atoms with Crippen molar-refractivity contribution in [2.75, 3.05) is 0 Å². The smallest absolute Gasteiger partial charge is 0.252 e. The Morgan fingerprint density at radius 1 is 1.43 bits per heavy atom. The van der Waals surface area contributed by atoms with Gasteiger partial charge in [-0.3, -0.25) is 19.7 Å². The van der Waals surface area contributed by atoms with Gasteiger partial charge in [-0.25, -0.2) is 4.98 Å². The highest BCUT2D eigenvalue weighted by atomic mass is 35.5. The zero-order valence-corrected chi connectivity index (χ0v) is 12.5. The highest BCUT2D eigenvalue weighted by Crippen LogP contribution is 2.18. The number of carbonyl (C=O) groups excluding carboxylic acids is 3. The number of carbonyl (C=O) groups is 3. The van der Waals surface area contributed by atoms with Crippen LogP contribution in [-0.4, -0.2) is 28.7 Å². The average Bonchev–Trinajstić information content (AvgIpc) is 2.41. The molecule has 2 N–H and O–H groups in total. The van der Waals surface area contributed by atoms with Gasteiger partial charge in [0.15, 0.2) is 0 Å². The minimum absolute atomic E-state index is 0.130. The van der Waals surface area contributed by atoms with Crippen LogP contribution < -0.4 is 10.6 Å². The number of nitrogens with one attached hydrogen (secondary N) is 2. The van der Waals surface area contributed by atoms with Crippen molar-refractivity contribution in [3.8, 4) is 0 Å². The number of halogens is 1. The van der Waals surface area contributed by atoms with Crippen molar-refractivity contribution in [2.45, 2.75) is 38.6 Å². The van der Waals surface area contributed by atoms with Crippen LogP contribution in [0.25, 0.3) is 0 Å². The number of hydrogen-bond donors (Lipinski definition) is 2. The van der Waals surface area contributed by atoms with E-state index in [0.717, 1.165) is 0 Å². The van der Waals surface area contributed by atoms with Crippen LogP contribution in [0.4, 0.5) is 0 Å². The molecule has 1 atom stereocenters. The summed E-state index contributed by atoms with van der Waals surface area (Å²) in [7, 11) is 0. The van der Waals surface area contributed by atoms with Gasteiger partial charge in [-0.2, -0.15) is 0 Å². The molecule has 21 heavy (non-hydrogen) atoms. The fourth-order valence-corrected chi connectivity index (χ4v) is 2.23. The monoisotopic (exact) mass is 309 g/mol. The van der Waals surface area contributed by atoms with Crippen molar-refractivity contribution < 1.29 is 14.4 Å². The molecular weight excluding hydrogens is 294 g/mol. The molecule has 1 aliphatic rings. The van der Waals surface area contributed by atoms with Crippen molar-refractivity contribution in [3.63, 3.8) is 0 Å². The zero-order chi connectivity index (χ0) is 15.6. The van der Waals surface area contributed by atoms with Crippen molar-refractivity contribution in [3.05, 3.63) is 28.5 Å². The highest BCUT2D eigenvalue weighted by Gasteiger charge is 2.28. The van der Waals surface area contributed by atoms with Crippen LogP contribution in [-0.2, 0) is 9.59 Å². The van der Waals surface area contributed by atoms with Crippen LogP contribution in [0.3, 0.4) is 0 Å². The summed E-state index contributed by atoms with van der Waals surface area (Å²) in [5, 5.41) is 5.04. The highest BCUT2D eigenvalue weighted by molar-refractivity contribution is 6.29. The van der Waals surface area contributed by atoms with Gasteiger partial charge in [0.2, 0.25) is 11.8 Å². The van der Waals surface area contributed by atoms with Gasteiger partial charge in [-0.1, -0.05) is 25.4 Å². The van der Waals surface area contributed by atoms with Gasteiger partial charge in [0.1, 0.15) is 11.2 Å². The average molecular weight is 310 g/mol. The van der Waals surface area contributed by atoms with E-state index in [9.17, 15) is 14.4 Å². The van der Waals surface area contributed by atoms with Crippen molar-refractivity contribution in [1.29, 1.82) is 0 Å². The van der Waals surface area contributed by atoms with Crippen LogP contribution in [0, 0.1) is 0 Å². The molecule has 0 aliphatic carbocycles. The van der Waals surface area contributed by atoms with E-state index in [1.54, 1.807) is 6.07 Å². The number of nitrogens with zero attached hydrogens (tertiary/aromatic N) is 1. The molecule has 2 rings (SSSR count). The minimum atomic E-state index is -0.704. The summed E-state index contributed by atoms with van der Waals surface area (Å²) in [4.78, 5) is 39.1. The van der Waals surface area contributed by atoms with Crippen LogP contribution in [0.5, 0.6) is 0 Å². The Kier molecular flexibility index (Phi) is 4.57. The molecule has 1 aromatic heterocycles. The number of hydrogen-bond acceptors (Lipinski definition) is 4. The van der Waals surface area contributed by atoms with E-state index in [1.807, 2.05) is 13.8 Å². The van der Waals surface area contributed by atoms with Crippen molar-refractivity contribution in [1.82, 2.24) is 15.6 Å². The molecule has 0 radical (unpaired) electrons. The number of rotatable bonds is 3. The summed E-state index contributed by atoms with van der Waals surface area (Å²) >= 11 is 5.91. The predicted octanol–water partition coefficient (Wildman–Crippen LogP) is 1.39. The molecule has 112 valence electrons. The van der Waals surface area contributed by atoms with Gasteiger partial charge in [-0.05, 0) is 24.5 Å². The van der Waals surface area contributed by atoms with E-state index in [4.69, 9.17) is 11.6 Å². The third-order valence-corrected chi connectivity index (χ3v) is 3.41. The predicted molar refractivity (Wildman–Crippen MR) is 77.0 cm³/mol. The first-order chi connectivity index (χ1) is 9.86. The maximum absolute atomic E-state index is 12.2. The molecule has 1 unspecified atom stereocenters. The van der Waals surface area contributed by atoms with E-state index in [0.29, 0.717) is 17.7 Å². The van der Waals surface area contributed by atoms with E-state index in [-0.39, 0.29) is 23.4 Å². The molecule has 6 nitrogen and oxygen atoms in total. The first-order valence-corrected chi connectivity index (χ1v) is 7.06. The Morgan fingerprint density at radius 3 is 2.76 bits per heavy atom. The second-order valence-electron chi connectivity index (χ2n) is 5.24. The largest absolute Gasteiger partial charge is 0.340 e. The SMILES string of the molecule is CC(C)c1cc(C(=O)NC2CCC(=O)NC2=O)cc(Cl)n1. The molecule has 1 saturated heterocycles. The summed E-state index contributed by atoms with van der Waals surface area (Å²) in [6, 6.07) is 2.40. The Bertz CT molecular complexity index is 601. The third kappa shape index (κ3) is 3.78. The van der Waals surface area contributed by atoms with E-state index >= 15 is 0 Å². The Morgan fingerprint density at radius 2 is 2.14 bits per heavy atom. The fraction of sp³-hybridized carbons (Fsp3) is 0.429. The quantitative estimate of drug-likeness (QED) is 0.652. The van der Waals surface area contributed by atoms with Crippen LogP contribution in [0.2, 0.25) is 5.15 Å². The maximum atomic E-state index is 12.2. The second kappa shape index (κ2) is 6.22. The molecule has 2 heterocycles. The summed E-state index contributed by atoms with van der Waals surface area (Å²) < 4.78 is 0. The molecule has 0 aromatic carbocycles. The Balaban J connectivity index is 2.13. The number of aromatic nitrogens is 1. The fourth-order valence-electron chi connectivity index (χ4n) is 2.02. The lowest BCUT2D eigenvalue weighted by molar-refractivity contribution is -0.134. The normalized spacial score (nSPS) is 18.6. The van der Waals surface area contributed by atoms with Gasteiger partial charge in [0.05, 0.1) is 0 Å². The first kappa shape index (κ1) is 15.4. The summed E-state index contributed by atoms with van der Waals surface area (Å²) in [5.41, 5.74) is 1.05. The summed E-state index contributed by atoms with van der Waals surface area (Å²) in [6.45, 7) is 3.89. The molecule has 1 aliphatic heterocycles. The number of piperidine rings is 1. The van der Waals surface area contributed by atoms with Gasteiger partial charge in [0.25, 0.3) is 5.91 Å². The topological polar surface area (TPSA) is 88.2 Å². The molecule has 3 amide bonds. The van der Waals surface area contributed by atoms with E-state index in [1.165, 1.54) is 6.07 Å². The second-order valence-corrected chi connectivity index (χ2v) is 5.62. The van der Waals surface area contributed by atoms with Gasteiger partial charge in [-0.15, -0.1) is 0 Å². The minimum Gasteiger partial charge on any atom is -0.340 e. The van der Waals surface area contributed by atoms with Crippen molar-refractivity contribution >= 4 is 29.3 Å². The molecule has 0 spiro atoms. The van der Waals surface area contributed by atoms with Gasteiger partial charge >= 0.3 is 0 Å². The van der Waals surface area contributed by atoms with Gasteiger partial charge < -0.3 is 5.32 Å². The lowest BCUT2D eigenvalue weighted by Gasteiger charge is -2.22. The van der Waals surface area contributed by atoms with E-state index in [2.05, 4.69) is 15.6 Å². The molecular formula is C14H16ClN3O3. The Labute approximate surface area is 127 Å². The molecule has 1 fully saturated rings. The van der Waals surface area contributed by atoms with Crippen LogP contribution in [0.1, 0.15) is 48.7 Å². The molecule has 0 saturated carbocycles. The maximum Gasteiger partial charge on any atom is 0.252 e. The zero-order valence-electron chi connectivity index (χ0n) is 11.8. The number of amides is 3. The summed E-state index contributed by atoms with van der Waals surface area (Å²) in [5.74, 6) is -1.08. The molecule has 1 aromatic rings. The standard InChI is InChI=1S/C14H16ClN3O3/c1-7(2)10-5-8(6-11(15)16-10)13(20)17-9-3-4-12(19)18-14(9)21/h5-7,9H,3-4H2,1-2H3,(H,17,20)(H,18,19,21). The lowest BCUT2D eigenvalue weighted by atomic mass is 10.0. The number of imide groups is 1. The lowest BCUT2D eigenvalue weighted by Crippen LogP contribution is -2.52. The van der Waals surface area contributed by atoms with Crippen molar-refractivity contribution in [2.24, 2.45) is 0 Å². The Hall–Kier alpha value is -1.95.